The first kappa shape index (κ1) is 16.4. The van der Waals surface area contributed by atoms with Gasteiger partial charge in [-0.15, -0.1) is 0 Å². The van der Waals surface area contributed by atoms with Crippen LogP contribution in [-0.2, 0) is 11.3 Å². The number of nitro benzene ring substituents is 1. The van der Waals surface area contributed by atoms with Crippen molar-refractivity contribution < 1.29 is 9.72 Å². The number of nitro groups is 1. The standard InChI is InChI=1S/C14H19ClN2O3/c1-4-5-10(2)14(18)16(3)9-11-8-12(17(19)20)6-7-13(11)15/h6-8,10H,4-5,9H2,1-3H3. The van der Waals surface area contributed by atoms with Crippen molar-refractivity contribution in [2.24, 2.45) is 5.92 Å². The normalized spacial score (nSPS) is 12.0. The zero-order valence-corrected chi connectivity index (χ0v) is 12.7. The Balaban J connectivity index is 2.84. The van der Waals surface area contributed by atoms with Gasteiger partial charge in [-0.25, -0.2) is 0 Å². The molecule has 0 aliphatic rings. The van der Waals surface area contributed by atoms with Crippen molar-refractivity contribution in [3.63, 3.8) is 0 Å². The minimum absolute atomic E-state index is 0.0214. The Morgan fingerprint density at radius 3 is 2.70 bits per heavy atom. The number of hydrogen-bond donors (Lipinski definition) is 0. The number of hydrogen-bond acceptors (Lipinski definition) is 3. The average Bonchev–Trinajstić information content (AvgIpc) is 2.40. The highest BCUT2D eigenvalue weighted by atomic mass is 35.5. The highest BCUT2D eigenvalue weighted by molar-refractivity contribution is 6.31. The van der Waals surface area contributed by atoms with E-state index in [1.54, 1.807) is 11.9 Å². The van der Waals surface area contributed by atoms with E-state index >= 15 is 0 Å². The van der Waals surface area contributed by atoms with Crippen molar-refractivity contribution in [1.82, 2.24) is 4.90 Å². The van der Waals surface area contributed by atoms with Crippen LogP contribution in [0.25, 0.3) is 0 Å². The largest absolute Gasteiger partial charge is 0.341 e. The molecule has 20 heavy (non-hydrogen) atoms. The smallest absolute Gasteiger partial charge is 0.269 e. The van der Waals surface area contributed by atoms with Crippen molar-refractivity contribution >= 4 is 23.2 Å². The van der Waals surface area contributed by atoms with Gasteiger partial charge in [-0.3, -0.25) is 14.9 Å². The van der Waals surface area contributed by atoms with Gasteiger partial charge in [0.1, 0.15) is 0 Å². The Labute approximate surface area is 123 Å². The van der Waals surface area contributed by atoms with E-state index in [2.05, 4.69) is 0 Å². The fourth-order valence-corrected chi connectivity index (χ4v) is 2.24. The Hall–Kier alpha value is -1.62. The van der Waals surface area contributed by atoms with Gasteiger partial charge < -0.3 is 4.90 Å². The highest BCUT2D eigenvalue weighted by Gasteiger charge is 2.18. The Morgan fingerprint density at radius 2 is 2.15 bits per heavy atom. The first-order chi connectivity index (χ1) is 9.36. The molecule has 0 radical (unpaired) electrons. The minimum Gasteiger partial charge on any atom is -0.341 e. The van der Waals surface area contributed by atoms with Crippen LogP contribution in [0.5, 0.6) is 0 Å². The SMILES string of the molecule is CCCC(C)C(=O)N(C)Cc1cc([N+](=O)[O-])ccc1Cl. The van der Waals surface area contributed by atoms with Gasteiger partial charge in [-0.05, 0) is 18.1 Å². The summed E-state index contributed by atoms with van der Waals surface area (Å²) >= 11 is 6.03. The minimum atomic E-state index is -0.471. The summed E-state index contributed by atoms with van der Waals surface area (Å²) in [5.41, 5.74) is 0.562. The Bertz CT molecular complexity index is 505. The number of non-ortho nitro benzene ring substituents is 1. The summed E-state index contributed by atoms with van der Waals surface area (Å²) in [7, 11) is 1.68. The predicted octanol–water partition coefficient (Wildman–Crippen LogP) is 3.64. The third-order valence-corrected chi connectivity index (χ3v) is 3.54. The maximum Gasteiger partial charge on any atom is 0.269 e. The van der Waals surface area contributed by atoms with E-state index in [4.69, 9.17) is 11.6 Å². The number of halogens is 1. The Kier molecular flexibility index (Phi) is 5.95. The maximum absolute atomic E-state index is 12.1. The third kappa shape index (κ3) is 4.20. The van der Waals surface area contributed by atoms with E-state index in [-0.39, 0.29) is 24.1 Å². The van der Waals surface area contributed by atoms with Gasteiger partial charge in [0, 0.05) is 36.7 Å². The highest BCUT2D eigenvalue weighted by Crippen LogP contribution is 2.23. The second kappa shape index (κ2) is 7.24. The van der Waals surface area contributed by atoms with Gasteiger partial charge in [-0.2, -0.15) is 0 Å². The lowest BCUT2D eigenvalue weighted by Crippen LogP contribution is -2.31. The van der Waals surface area contributed by atoms with Crippen molar-refractivity contribution in [2.45, 2.75) is 33.2 Å². The van der Waals surface area contributed by atoms with Crippen LogP contribution in [0.1, 0.15) is 32.3 Å². The second-order valence-electron chi connectivity index (χ2n) is 4.92. The summed E-state index contributed by atoms with van der Waals surface area (Å²) in [5, 5.41) is 11.2. The Morgan fingerprint density at radius 1 is 1.50 bits per heavy atom. The number of amides is 1. The lowest BCUT2D eigenvalue weighted by molar-refractivity contribution is -0.384. The number of benzene rings is 1. The van der Waals surface area contributed by atoms with Crippen LogP contribution < -0.4 is 0 Å². The van der Waals surface area contributed by atoms with Crippen molar-refractivity contribution in [2.75, 3.05) is 7.05 Å². The molecule has 1 unspecified atom stereocenters. The molecule has 1 rings (SSSR count). The van der Waals surface area contributed by atoms with Crippen molar-refractivity contribution in [3.8, 4) is 0 Å². The summed E-state index contributed by atoms with van der Waals surface area (Å²) in [6, 6.07) is 4.26. The molecule has 0 aliphatic carbocycles. The molecule has 0 saturated carbocycles. The topological polar surface area (TPSA) is 63.5 Å². The summed E-state index contributed by atoms with van der Waals surface area (Å²) < 4.78 is 0. The van der Waals surface area contributed by atoms with Gasteiger partial charge >= 0.3 is 0 Å². The van der Waals surface area contributed by atoms with Crippen LogP contribution >= 0.6 is 11.6 Å². The molecule has 0 aromatic heterocycles. The van der Waals surface area contributed by atoms with Crippen LogP contribution in [0, 0.1) is 16.0 Å². The molecule has 0 aliphatic heterocycles. The molecule has 1 amide bonds. The molecule has 1 aromatic rings. The van der Waals surface area contributed by atoms with Gasteiger partial charge in [0.2, 0.25) is 5.91 Å². The van der Waals surface area contributed by atoms with E-state index < -0.39 is 4.92 Å². The summed E-state index contributed by atoms with van der Waals surface area (Å²) in [4.78, 5) is 24.0. The quantitative estimate of drug-likeness (QED) is 0.595. The van der Waals surface area contributed by atoms with Crippen molar-refractivity contribution in [1.29, 1.82) is 0 Å². The zero-order valence-electron chi connectivity index (χ0n) is 11.9. The van der Waals surface area contributed by atoms with Crippen LogP contribution in [-0.4, -0.2) is 22.8 Å². The lowest BCUT2D eigenvalue weighted by atomic mass is 10.0. The van der Waals surface area contributed by atoms with E-state index in [0.29, 0.717) is 10.6 Å². The first-order valence-corrected chi connectivity index (χ1v) is 6.92. The number of carbonyl (C=O) groups excluding carboxylic acids is 1. The van der Waals surface area contributed by atoms with Crippen molar-refractivity contribution in [3.05, 3.63) is 38.9 Å². The van der Waals surface area contributed by atoms with Crippen LogP contribution in [0.2, 0.25) is 5.02 Å². The molecule has 0 fully saturated rings. The van der Waals surface area contributed by atoms with Gasteiger partial charge in [-0.1, -0.05) is 31.9 Å². The van der Waals surface area contributed by atoms with Gasteiger partial charge in [0.15, 0.2) is 0 Å². The number of carbonyl (C=O) groups is 1. The molecule has 0 N–H and O–H groups in total. The molecule has 1 aromatic carbocycles. The predicted molar refractivity (Wildman–Crippen MR) is 78.7 cm³/mol. The summed E-state index contributed by atoms with van der Waals surface area (Å²) in [5.74, 6) is -0.0307. The van der Waals surface area contributed by atoms with E-state index in [1.165, 1.54) is 18.2 Å². The monoisotopic (exact) mass is 298 g/mol. The molecule has 5 nitrogen and oxygen atoms in total. The second-order valence-corrected chi connectivity index (χ2v) is 5.32. The molecule has 0 heterocycles. The molecule has 0 spiro atoms. The van der Waals surface area contributed by atoms with E-state index in [1.807, 2.05) is 13.8 Å². The fraction of sp³-hybridized carbons (Fsp3) is 0.500. The molecular weight excluding hydrogens is 280 g/mol. The van der Waals surface area contributed by atoms with Gasteiger partial charge in [0.25, 0.3) is 5.69 Å². The number of nitrogens with zero attached hydrogens (tertiary/aromatic N) is 2. The lowest BCUT2D eigenvalue weighted by Gasteiger charge is -2.21. The maximum atomic E-state index is 12.1. The molecule has 6 heteroatoms. The average molecular weight is 299 g/mol. The molecule has 0 saturated heterocycles. The molecule has 110 valence electrons. The van der Waals surface area contributed by atoms with Crippen LogP contribution in [0.4, 0.5) is 5.69 Å². The summed E-state index contributed by atoms with van der Waals surface area (Å²) in [6.45, 7) is 4.19. The van der Waals surface area contributed by atoms with E-state index in [9.17, 15) is 14.9 Å². The molecular formula is C14H19ClN2O3. The van der Waals surface area contributed by atoms with Crippen LogP contribution in [0.3, 0.4) is 0 Å². The first-order valence-electron chi connectivity index (χ1n) is 6.54. The third-order valence-electron chi connectivity index (χ3n) is 3.17. The van der Waals surface area contributed by atoms with Crippen LogP contribution in [0.15, 0.2) is 18.2 Å². The molecule has 0 bridgehead atoms. The molecule has 1 atom stereocenters. The number of rotatable bonds is 6. The zero-order chi connectivity index (χ0) is 15.3. The summed E-state index contributed by atoms with van der Waals surface area (Å²) in [6.07, 6.45) is 1.77. The van der Waals surface area contributed by atoms with Gasteiger partial charge in [0.05, 0.1) is 4.92 Å². The van der Waals surface area contributed by atoms with E-state index in [0.717, 1.165) is 12.8 Å². The fourth-order valence-electron chi connectivity index (χ4n) is 2.06.